The van der Waals surface area contributed by atoms with Crippen molar-refractivity contribution in [1.29, 1.82) is 0 Å². The highest BCUT2D eigenvalue weighted by Crippen LogP contribution is 2.09. The van der Waals surface area contributed by atoms with E-state index in [9.17, 15) is 9.59 Å². The third kappa shape index (κ3) is 4.43. The number of nitrogens with one attached hydrogen (secondary N) is 2. The van der Waals surface area contributed by atoms with Crippen LogP contribution in [-0.2, 0) is 0 Å². The summed E-state index contributed by atoms with van der Waals surface area (Å²) in [7, 11) is 0. The minimum Gasteiger partial charge on any atom is -0.348 e. The fourth-order valence-corrected chi connectivity index (χ4v) is 1.71. The maximum atomic E-state index is 11.8. The molecule has 2 unspecified atom stereocenters. The highest BCUT2D eigenvalue weighted by atomic mass is 16.2. The monoisotopic (exact) mass is 236 g/mol. The Kier molecular flexibility index (Phi) is 4.94. The van der Waals surface area contributed by atoms with Crippen molar-refractivity contribution in [2.24, 2.45) is 5.92 Å². The molecule has 0 aliphatic rings. The maximum absolute atomic E-state index is 11.8. The van der Waals surface area contributed by atoms with Crippen LogP contribution in [-0.4, -0.2) is 16.9 Å². The first-order chi connectivity index (χ1) is 8.02. The summed E-state index contributed by atoms with van der Waals surface area (Å²) in [5.74, 6) is 0.360. The van der Waals surface area contributed by atoms with Gasteiger partial charge in [-0.05, 0) is 25.3 Å². The molecule has 0 spiro atoms. The van der Waals surface area contributed by atoms with Crippen LogP contribution in [0, 0.1) is 5.92 Å². The molecule has 0 saturated carbocycles. The lowest BCUT2D eigenvalue weighted by molar-refractivity contribution is 0.0930. The van der Waals surface area contributed by atoms with Gasteiger partial charge in [0.1, 0.15) is 5.69 Å². The molecule has 1 aromatic rings. The lowest BCUT2D eigenvalue weighted by Crippen LogP contribution is -2.34. The van der Waals surface area contributed by atoms with Crippen LogP contribution in [0.5, 0.6) is 0 Å². The zero-order chi connectivity index (χ0) is 12.8. The molecule has 0 aromatic carbocycles. The van der Waals surface area contributed by atoms with E-state index in [4.69, 9.17) is 0 Å². The fraction of sp³-hybridized carbons (Fsp3) is 0.538. The van der Waals surface area contributed by atoms with Gasteiger partial charge >= 0.3 is 0 Å². The number of aromatic amines is 1. The predicted octanol–water partition coefficient (Wildman–Crippen LogP) is 1.93. The molecule has 2 N–H and O–H groups in total. The summed E-state index contributed by atoms with van der Waals surface area (Å²) in [6, 6.07) is 4.68. The van der Waals surface area contributed by atoms with E-state index in [0.717, 1.165) is 12.8 Å². The van der Waals surface area contributed by atoms with E-state index in [-0.39, 0.29) is 17.5 Å². The Morgan fingerprint density at radius 3 is 2.71 bits per heavy atom. The molecule has 0 fully saturated rings. The van der Waals surface area contributed by atoms with Crippen LogP contribution >= 0.6 is 0 Å². The second-order valence-corrected chi connectivity index (χ2v) is 4.55. The van der Waals surface area contributed by atoms with Gasteiger partial charge in [-0.1, -0.05) is 26.3 Å². The first kappa shape index (κ1) is 13.5. The summed E-state index contributed by atoms with van der Waals surface area (Å²) in [6.45, 7) is 6.27. The molecule has 94 valence electrons. The van der Waals surface area contributed by atoms with E-state index in [1.54, 1.807) is 12.1 Å². The molecular weight excluding hydrogens is 216 g/mol. The molecule has 1 amide bonds. The second-order valence-electron chi connectivity index (χ2n) is 4.55. The minimum atomic E-state index is -0.257. The van der Waals surface area contributed by atoms with Crippen molar-refractivity contribution in [3.05, 3.63) is 34.2 Å². The average Bonchev–Trinajstić information content (AvgIpc) is 2.28. The standard InChI is InChI=1S/C13H20N2O2/c1-4-9(2)8-10(3)14-13(17)11-6-5-7-12(16)15-11/h5-7,9-10H,4,8H2,1-3H3,(H,14,17)(H,15,16). The van der Waals surface area contributed by atoms with Gasteiger partial charge in [-0.2, -0.15) is 0 Å². The number of aromatic nitrogens is 1. The lowest BCUT2D eigenvalue weighted by Gasteiger charge is -2.17. The van der Waals surface area contributed by atoms with Gasteiger partial charge in [0, 0.05) is 12.1 Å². The number of carbonyl (C=O) groups is 1. The molecule has 1 heterocycles. The van der Waals surface area contributed by atoms with Crippen LogP contribution < -0.4 is 10.9 Å². The highest BCUT2D eigenvalue weighted by molar-refractivity contribution is 5.92. The summed E-state index contributed by atoms with van der Waals surface area (Å²) in [5, 5.41) is 2.88. The zero-order valence-corrected chi connectivity index (χ0v) is 10.6. The van der Waals surface area contributed by atoms with Crippen molar-refractivity contribution in [3.63, 3.8) is 0 Å². The number of hydrogen-bond acceptors (Lipinski definition) is 2. The third-order valence-corrected chi connectivity index (χ3v) is 2.84. The number of carbonyl (C=O) groups excluding carboxylic acids is 1. The topological polar surface area (TPSA) is 62.0 Å². The quantitative estimate of drug-likeness (QED) is 0.820. The summed E-state index contributed by atoms with van der Waals surface area (Å²) < 4.78 is 0. The van der Waals surface area contributed by atoms with Crippen LogP contribution in [0.3, 0.4) is 0 Å². The molecule has 4 nitrogen and oxygen atoms in total. The Morgan fingerprint density at radius 2 is 2.12 bits per heavy atom. The Balaban J connectivity index is 2.57. The molecule has 1 aromatic heterocycles. The van der Waals surface area contributed by atoms with Crippen LogP contribution in [0.15, 0.2) is 23.0 Å². The van der Waals surface area contributed by atoms with Gasteiger partial charge in [-0.3, -0.25) is 9.59 Å². The lowest BCUT2D eigenvalue weighted by atomic mass is 10.0. The molecule has 1 rings (SSSR count). The minimum absolute atomic E-state index is 0.112. The van der Waals surface area contributed by atoms with Gasteiger partial charge in [0.2, 0.25) is 5.56 Å². The molecule has 0 radical (unpaired) electrons. The van der Waals surface area contributed by atoms with Crippen LogP contribution in [0.2, 0.25) is 0 Å². The first-order valence-corrected chi connectivity index (χ1v) is 6.03. The van der Waals surface area contributed by atoms with Crippen molar-refractivity contribution in [1.82, 2.24) is 10.3 Å². The van der Waals surface area contributed by atoms with Gasteiger partial charge in [-0.15, -0.1) is 0 Å². The number of rotatable bonds is 5. The number of amides is 1. The van der Waals surface area contributed by atoms with E-state index in [1.807, 2.05) is 6.92 Å². The molecule has 0 aliphatic heterocycles. The van der Waals surface area contributed by atoms with Crippen LogP contribution in [0.25, 0.3) is 0 Å². The Hall–Kier alpha value is -1.58. The van der Waals surface area contributed by atoms with Gasteiger partial charge < -0.3 is 10.3 Å². The normalized spacial score (nSPS) is 14.1. The average molecular weight is 236 g/mol. The number of H-pyrrole nitrogens is 1. The summed E-state index contributed by atoms with van der Waals surface area (Å²) >= 11 is 0. The molecule has 4 heteroatoms. The maximum Gasteiger partial charge on any atom is 0.268 e. The molecule has 0 saturated heterocycles. The third-order valence-electron chi connectivity index (χ3n) is 2.84. The van der Waals surface area contributed by atoms with Crippen molar-refractivity contribution < 1.29 is 4.79 Å². The molecular formula is C13H20N2O2. The van der Waals surface area contributed by atoms with Crippen molar-refractivity contribution in [2.45, 2.75) is 39.7 Å². The van der Waals surface area contributed by atoms with E-state index >= 15 is 0 Å². The van der Waals surface area contributed by atoms with E-state index in [2.05, 4.69) is 24.1 Å². The second kappa shape index (κ2) is 6.23. The SMILES string of the molecule is CCC(C)CC(C)NC(=O)c1cccc(=O)[nH]1. The van der Waals surface area contributed by atoms with Crippen LogP contribution in [0.4, 0.5) is 0 Å². The molecule has 0 bridgehead atoms. The Bertz CT molecular complexity index is 425. The van der Waals surface area contributed by atoms with E-state index < -0.39 is 0 Å². The fourth-order valence-electron chi connectivity index (χ4n) is 1.71. The smallest absolute Gasteiger partial charge is 0.268 e. The van der Waals surface area contributed by atoms with Gasteiger partial charge in [0.05, 0.1) is 0 Å². The Labute approximate surface area is 101 Å². The summed E-state index contributed by atoms with van der Waals surface area (Å²) in [5.41, 5.74) is 0.0562. The molecule has 2 atom stereocenters. The highest BCUT2D eigenvalue weighted by Gasteiger charge is 2.12. The summed E-state index contributed by atoms with van der Waals surface area (Å²) in [6.07, 6.45) is 2.04. The van der Waals surface area contributed by atoms with E-state index in [1.165, 1.54) is 6.07 Å². The number of pyridine rings is 1. The zero-order valence-electron chi connectivity index (χ0n) is 10.6. The molecule has 17 heavy (non-hydrogen) atoms. The van der Waals surface area contributed by atoms with Gasteiger partial charge in [0.25, 0.3) is 5.91 Å². The Morgan fingerprint density at radius 1 is 1.41 bits per heavy atom. The predicted molar refractivity (Wildman–Crippen MR) is 68.1 cm³/mol. The van der Waals surface area contributed by atoms with Crippen molar-refractivity contribution >= 4 is 5.91 Å². The van der Waals surface area contributed by atoms with Crippen LogP contribution in [0.1, 0.15) is 44.1 Å². The van der Waals surface area contributed by atoms with Gasteiger partial charge in [-0.25, -0.2) is 0 Å². The van der Waals surface area contributed by atoms with Gasteiger partial charge in [0.15, 0.2) is 0 Å². The summed E-state index contributed by atoms with van der Waals surface area (Å²) in [4.78, 5) is 25.4. The first-order valence-electron chi connectivity index (χ1n) is 6.03. The van der Waals surface area contributed by atoms with Crippen molar-refractivity contribution in [2.75, 3.05) is 0 Å². The largest absolute Gasteiger partial charge is 0.348 e. The number of hydrogen-bond donors (Lipinski definition) is 2. The van der Waals surface area contributed by atoms with Crippen molar-refractivity contribution in [3.8, 4) is 0 Å². The van der Waals surface area contributed by atoms with E-state index in [0.29, 0.717) is 11.6 Å². The molecule has 0 aliphatic carbocycles.